The molecule has 1 aliphatic heterocycles. The van der Waals surface area contributed by atoms with E-state index in [1.807, 2.05) is 18.2 Å². The molecule has 4 nitrogen and oxygen atoms in total. The van der Waals surface area contributed by atoms with Crippen LogP contribution in [0.25, 0.3) is 0 Å². The first-order chi connectivity index (χ1) is 15.7. The smallest absolute Gasteiger partial charge is 0.308 e. The topological polar surface area (TPSA) is 44.8 Å². The Labute approximate surface area is 190 Å². The fraction of sp³-hybridized carbons (Fsp3) is 0.296. The second kappa shape index (κ2) is 10.4. The van der Waals surface area contributed by atoms with E-state index in [-0.39, 0.29) is 30.4 Å². The van der Waals surface area contributed by atoms with E-state index in [0.29, 0.717) is 6.42 Å². The summed E-state index contributed by atoms with van der Waals surface area (Å²) < 4.78 is 17.6. The summed E-state index contributed by atoms with van der Waals surface area (Å²) in [7, 11) is 0.945. The van der Waals surface area contributed by atoms with Gasteiger partial charge in [0.2, 0.25) is 0 Å². The van der Waals surface area contributed by atoms with Crippen LogP contribution in [-0.4, -0.2) is 38.2 Å². The van der Waals surface area contributed by atoms with Gasteiger partial charge in [-0.1, -0.05) is 54.6 Å². The van der Waals surface area contributed by atoms with Crippen molar-refractivity contribution in [2.75, 3.05) is 14.2 Å². The number of benzene rings is 3. The van der Waals surface area contributed by atoms with Crippen LogP contribution in [0.5, 0.6) is 0 Å². The third-order valence-corrected chi connectivity index (χ3v) is 10.8. The van der Waals surface area contributed by atoms with Crippen molar-refractivity contribution in [1.82, 2.24) is 0 Å². The van der Waals surface area contributed by atoms with Gasteiger partial charge in [-0.3, -0.25) is 4.79 Å². The fourth-order valence-corrected chi connectivity index (χ4v) is 9.45. The predicted octanol–water partition coefficient (Wildman–Crippen LogP) is 4.06. The van der Waals surface area contributed by atoms with Crippen molar-refractivity contribution < 1.29 is 19.0 Å². The van der Waals surface area contributed by atoms with Crippen molar-refractivity contribution in [3.05, 3.63) is 91.0 Å². The molecule has 0 unspecified atom stereocenters. The zero-order chi connectivity index (χ0) is 22.4. The lowest BCUT2D eigenvalue weighted by Crippen LogP contribution is -2.47. The van der Waals surface area contributed by atoms with Crippen molar-refractivity contribution in [3.8, 4) is 0 Å². The molecule has 1 heterocycles. The summed E-state index contributed by atoms with van der Waals surface area (Å²) in [6.07, 6.45) is 1.44. The highest BCUT2D eigenvalue weighted by molar-refractivity contribution is 7.96. The molecule has 3 aromatic carbocycles. The molecule has 0 amide bonds. The number of ether oxygens (including phenoxy) is 3. The highest BCUT2D eigenvalue weighted by Gasteiger charge is 2.56. The van der Waals surface area contributed by atoms with E-state index < -0.39 is 7.26 Å². The van der Waals surface area contributed by atoms with E-state index in [0.717, 1.165) is 6.42 Å². The minimum atomic E-state index is -2.22. The molecule has 0 spiro atoms. The number of esters is 1. The van der Waals surface area contributed by atoms with Gasteiger partial charge in [-0.15, -0.1) is 0 Å². The number of carbonyl (C=O) groups is 1. The van der Waals surface area contributed by atoms with Crippen LogP contribution in [0, 0.1) is 0 Å². The third-order valence-electron chi connectivity index (χ3n) is 6.22. The van der Waals surface area contributed by atoms with Crippen LogP contribution >= 0.6 is 7.26 Å². The molecule has 166 valence electrons. The van der Waals surface area contributed by atoms with Gasteiger partial charge in [0, 0.05) is 20.0 Å². The van der Waals surface area contributed by atoms with Gasteiger partial charge in [0.1, 0.15) is 23.2 Å². The Balaban J connectivity index is 1.91. The summed E-state index contributed by atoms with van der Waals surface area (Å²) in [6.45, 7) is 0. The highest BCUT2D eigenvalue weighted by Crippen LogP contribution is 2.62. The zero-order valence-electron chi connectivity index (χ0n) is 18.6. The largest absolute Gasteiger partial charge is 0.469 e. The Hall–Kier alpha value is -2.52. The van der Waals surface area contributed by atoms with Crippen LogP contribution in [0.15, 0.2) is 91.0 Å². The van der Waals surface area contributed by atoms with E-state index in [4.69, 9.17) is 14.2 Å². The molecule has 0 bridgehead atoms. The lowest BCUT2D eigenvalue weighted by Gasteiger charge is -2.41. The molecule has 4 rings (SSSR count). The molecular formula is C27H30O4P+. The van der Waals surface area contributed by atoms with Crippen molar-refractivity contribution in [2.45, 2.75) is 37.3 Å². The van der Waals surface area contributed by atoms with Gasteiger partial charge in [-0.2, -0.15) is 0 Å². The third kappa shape index (κ3) is 4.49. The lowest BCUT2D eigenvalue weighted by molar-refractivity contribution is -0.147. The quantitative estimate of drug-likeness (QED) is 0.403. The fourth-order valence-electron chi connectivity index (χ4n) is 4.73. The Morgan fingerprint density at radius 2 is 1.28 bits per heavy atom. The molecule has 5 heteroatoms. The van der Waals surface area contributed by atoms with E-state index in [1.165, 1.54) is 23.0 Å². The number of rotatable bonds is 7. The summed E-state index contributed by atoms with van der Waals surface area (Å²) >= 11 is 0. The maximum absolute atomic E-state index is 12.1. The van der Waals surface area contributed by atoms with E-state index >= 15 is 0 Å². The SMILES string of the molecule is COC(=O)C[C@@H]1C[C@H](OC)C[C@@H]([P+](c2ccccc2)(c2ccccc2)c2ccccc2)O1. The van der Waals surface area contributed by atoms with Crippen molar-refractivity contribution in [2.24, 2.45) is 0 Å². The Morgan fingerprint density at radius 1 is 0.812 bits per heavy atom. The monoisotopic (exact) mass is 449 g/mol. The van der Waals surface area contributed by atoms with Gasteiger partial charge >= 0.3 is 5.97 Å². The second-order valence-corrected chi connectivity index (χ2v) is 11.6. The molecular weight excluding hydrogens is 419 g/mol. The van der Waals surface area contributed by atoms with Gasteiger partial charge < -0.3 is 14.2 Å². The predicted molar refractivity (Wildman–Crippen MR) is 130 cm³/mol. The van der Waals surface area contributed by atoms with Gasteiger partial charge in [-0.25, -0.2) is 0 Å². The Morgan fingerprint density at radius 3 is 1.69 bits per heavy atom. The number of hydrogen-bond acceptors (Lipinski definition) is 4. The first-order valence-electron chi connectivity index (χ1n) is 11.0. The summed E-state index contributed by atoms with van der Waals surface area (Å²) in [6, 6.07) is 32.0. The van der Waals surface area contributed by atoms with Crippen molar-refractivity contribution >= 4 is 29.1 Å². The average molecular weight is 450 g/mol. The Kier molecular flexibility index (Phi) is 7.36. The summed E-state index contributed by atoms with van der Waals surface area (Å²) in [5, 5.41) is 3.78. The normalized spacial score (nSPS) is 21.1. The zero-order valence-corrected chi connectivity index (χ0v) is 19.5. The lowest BCUT2D eigenvalue weighted by atomic mass is 10.0. The maximum Gasteiger partial charge on any atom is 0.308 e. The van der Waals surface area contributed by atoms with Crippen LogP contribution in [0.4, 0.5) is 0 Å². The molecule has 1 fully saturated rings. The van der Waals surface area contributed by atoms with Gasteiger partial charge in [0.15, 0.2) is 5.85 Å². The molecule has 1 saturated heterocycles. The minimum Gasteiger partial charge on any atom is -0.469 e. The summed E-state index contributed by atoms with van der Waals surface area (Å²) in [5.74, 6) is -0.378. The van der Waals surface area contributed by atoms with Gasteiger partial charge in [-0.05, 0) is 36.4 Å². The number of carbonyl (C=O) groups excluding carboxylic acids is 1. The minimum absolute atomic E-state index is 0.0129. The number of hydrogen-bond donors (Lipinski definition) is 0. The molecule has 0 radical (unpaired) electrons. The standard InChI is InChI=1S/C27H30O4P/c1-29-21-18-22(19-26(28)30-2)31-27(20-21)32(23-12-6-3-7-13-23,24-14-8-4-9-15-24)25-16-10-5-11-17-25/h3-17,21-22,27H,18-20H2,1-2H3/q+1/t21-,22-,27+/m0/s1. The molecule has 0 aromatic heterocycles. The maximum atomic E-state index is 12.1. The second-order valence-electron chi connectivity index (χ2n) is 8.05. The van der Waals surface area contributed by atoms with Crippen LogP contribution in [0.2, 0.25) is 0 Å². The first kappa shape index (κ1) is 22.7. The molecule has 32 heavy (non-hydrogen) atoms. The van der Waals surface area contributed by atoms with Crippen molar-refractivity contribution in [1.29, 1.82) is 0 Å². The van der Waals surface area contributed by atoms with E-state index in [1.54, 1.807) is 7.11 Å². The van der Waals surface area contributed by atoms with Crippen LogP contribution in [-0.2, 0) is 19.0 Å². The highest BCUT2D eigenvalue weighted by atomic mass is 31.2. The average Bonchev–Trinajstić information content (AvgIpc) is 2.86. The molecule has 0 N–H and O–H groups in total. The van der Waals surface area contributed by atoms with Crippen LogP contribution in [0.1, 0.15) is 19.3 Å². The Bertz CT molecular complexity index is 897. The van der Waals surface area contributed by atoms with Crippen molar-refractivity contribution in [3.63, 3.8) is 0 Å². The van der Waals surface area contributed by atoms with E-state index in [2.05, 4.69) is 72.8 Å². The molecule has 3 atom stereocenters. The molecule has 0 aliphatic carbocycles. The van der Waals surface area contributed by atoms with E-state index in [9.17, 15) is 4.79 Å². The number of methoxy groups -OCH3 is 2. The molecule has 0 saturated carbocycles. The summed E-state index contributed by atoms with van der Waals surface area (Å²) in [5.41, 5.74) is 0. The van der Waals surface area contributed by atoms with Crippen LogP contribution < -0.4 is 15.9 Å². The summed E-state index contributed by atoms with van der Waals surface area (Å²) in [4.78, 5) is 12.1. The molecule has 1 aliphatic rings. The van der Waals surface area contributed by atoms with Crippen LogP contribution in [0.3, 0.4) is 0 Å². The first-order valence-corrected chi connectivity index (χ1v) is 12.8. The van der Waals surface area contributed by atoms with Gasteiger partial charge in [0.05, 0.1) is 25.7 Å². The van der Waals surface area contributed by atoms with Gasteiger partial charge in [0.25, 0.3) is 0 Å². The molecule has 3 aromatic rings.